The highest BCUT2D eigenvalue weighted by Crippen LogP contribution is 2.30. The number of ether oxygens (including phenoxy) is 2. The Morgan fingerprint density at radius 1 is 1.00 bits per heavy atom. The first-order valence-corrected chi connectivity index (χ1v) is 9.38. The van der Waals surface area contributed by atoms with Crippen LogP contribution < -0.4 is 25.4 Å². The molecule has 0 fully saturated rings. The van der Waals surface area contributed by atoms with Gasteiger partial charge in [-0.1, -0.05) is 13.0 Å². The van der Waals surface area contributed by atoms with Gasteiger partial charge in [-0.25, -0.2) is 0 Å². The summed E-state index contributed by atoms with van der Waals surface area (Å²) in [6.45, 7) is 2.88. The minimum Gasteiger partial charge on any atom is -0.486 e. The highest BCUT2D eigenvalue weighted by atomic mass is 32.1. The number of benzene rings is 2. The summed E-state index contributed by atoms with van der Waals surface area (Å²) >= 11 is 5.22. The van der Waals surface area contributed by atoms with Crippen LogP contribution in [0.3, 0.4) is 0 Å². The van der Waals surface area contributed by atoms with Gasteiger partial charge in [-0.05, 0) is 55.0 Å². The molecule has 2 amide bonds. The minimum absolute atomic E-state index is 0.0471. The largest absolute Gasteiger partial charge is 0.486 e. The third-order valence-electron chi connectivity index (χ3n) is 3.91. The van der Waals surface area contributed by atoms with Crippen LogP contribution in [0.15, 0.2) is 42.5 Å². The first-order valence-electron chi connectivity index (χ1n) is 8.97. The Bertz CT molecular complexity index is 901. The number of thiocarbonyl (C=S) groups is 1. The van der Waals surface area contributed by atoms with Gasteiger partial charge >= 0.3 is 0 Å². The van der Waals surface area contributed by atoms with Crippen LogP contribution in [0.4, 0.5) is 11.4 Å². The smallest absolute Gasteiger partial charge is 0.257 e. The van der Waals surface area contributed by atoms with Crippen LogP contribution in [0.5, 0.6) is 11.5 Å². The summed E-state index contributed by atoms with van der Waals surface area (Å²) in [5.74, 6) is 0.745. The maximum absolute atomic E-state index is 12.4. The van der Waals surface area contributed by atoms with Gasteiger partial charge in [0.2, 0.25) is 5.91 Å². The molecule has 0 aliphatic carbocycles. The van der Waals surface area contributed by atoms with Gasteiger partial charge < -0.3 is 20.1 Å². The Balaban J connectivity index is 1.59. The van der Waals surface area contributed by atoms with E-state index in [1.165, 1.54) is 0 Å². The zero-order valence-electron chi connectivity index (χ0n) is 15.4. The Labute approximate surface area is 168 Å². The van der Waals surface area contributed by atoms with E-state index in [1.807, 2.05) is 6.92 Å². The highest BCUT2D eigenvalue weighted by Gasteiger charge is 2.15. The number of anilines is 2. The second-order valence-electron chi connectivity index (χ2n) is 6.15. The molecule has 0 saturated heterocycles. The van der Waals surface area contributed by atoms with E-state index in [0.717, 1.165) is 6.42 Å². The summed E-state index contributed by atoms with van der Waals surface area (Å²) in [4.78, 5) is 24.1. The molecule has 3 rings (SSSR count). The molecule has 2 aromatic carbocycles. The van der Waals surface area contributed by atoms with Crippen molar-refractivity contribution in [3.63, 3.8) is 0 Å². The van der Waals surface area contributed by atoms with Crippen molar-refractivity contribution in [2.24, 2.45) is 0 Å². The van der Waals surface area contributed by atoms with Gasteiger partial charge in [0.15, 0.2) is 16.6 Å². The fourth-order valence-corrected chi connectivity index (χ4v) is 2.86. The molecule has 8 heteroatoms. The number of carbonyl (C=O) groups excluding carboxylic acids is 2. The summed E-state index contributed by atoms with van der Waals surface area (Å²) in [7, 11) is 0. The fourth-order valence-electron chi connectivity index (χ4n) is 2.65. The van der Waals surface area contributed by atoms with E-state index in [9.17, 15) is 9.59 Å². The van der Waals surface area contributed by atoms with Crippen molar-refractivity contribution in [1.29, 1.82) is 0 Å². The molecule has 0 bridgehead atoms. The van der Waals surface area contributed by atoms with Gasteiger partial charge in [-0.15, -0.1) is 0 Å². The average Bonchev–Trinajstić information content (AvgIpc) is 2.68. The van der Waals surface area contributed by atoms with E-state index < -0.39 is 0 Å². The lowest BCUT2D eigenvalue weighted by Gasteiger charge is -2.18. The molecule has 0 aromatic heterocycles. The molecule has 0 spiro atoms. The van der Waals surface area contributed by atoms with Crippen LogP contribution in [0.2, 0.25) is 0 Å². The first kappa shape index (κ1) is 19.6. The summed E-state index contributed by atoms with van der Waals surface area (Å²) in [5.41, 5.74) is 1.72. The van der Waals surface area contributed by atoms with Crippen molar-refractivity contribution in [2.75, 3.05) is 23.8 Å². The standard InChI is InChI=1S/C20H21N3O4S/c1-2-4-18(24)21-14-5-3-6-15(12-14)22-20(28)23-19(25)13-7-8-16-17(11-13)27-10-9-26-16/h3,5-8,11-12H,2,4,9-10H2,1H3,(H,21,24)(H2,22,23,25,28). The lowest BCUT2D eigenvalue weighted by atomic mass is 10.2. The van der Waals surface area contributed by atoms with Crippen molar-refractivity contribution in [2.45, 2.75) is 19.8 Å². The van der Waals surface area contributed by atoms with Gasteiger partial charge in [-0.3, -0.25) is 14.9 Å². The van der Waals surface area contributed by atoms with E-state index in [4.69, 9.17) is 21.7 Å². The predicted molar refractivity (Wildman–Crippen MR) is 111 cm³/mol. The Morgan fingerprint density at radius 3 is 2.46 bits per heavy atom. The number of nitrogens with one attached hydrogen (secondary N) is 3. The monoisotopic (exact) mass is 399 g/mol. The van der Waals surface area contributed by atoms with Crippen molar-refractivity contribution in [3.05, 3.63) is 48.0 Å². The third kappa shape index (κ3) is 5.20. The minimum atomic E-state index is -0.359. The average molecular weight is 399 g/mol. The fraction of sp³-hybridized carbons (Fsp3) is 0.250. The van der Waals surface area contributed by atoms with E-state index in [1.54, 1.807) is 42.5 Å². The number of hydrogen-bond donors (Lipinski definition) is 3. The predicted octanol–water partition coefficient (Wildman–Crippen LogP) is 3.32. The quantitative estimate of drug-likeness (QED) is 0.669. The molecule has 28 heavy (non-hydrogen) atoms. The molecule has 0 radical (unpaired) electrons. The topological polar surface area (TPSA) is 88.7 Å². The molecule has 1 aliphatic rings. The van der Waals surface area contributed by atoms with Gasteiger partial charge in [0, 0.05) is 23.4 Å². The van der Waals surface area contributed by atoms with Gasteiger partial charge in [0.1, 0.15) is 13.2 Å². The molecule has 1 aliphatic heterocycles. The number of carbonyl (C=O) groups is 2. The van der Waals surface area contributed by atoms with Crippen LogP contribution in [-0.2, 0) is 4.79 Å². The summed E-state index contributed by atoms with van der Waals surface area (Å²) in [6, 6.07) is 12.1. The van der Waals surface area contributed by atoms with Crippen molar-refractivity contribution < 1.29 is 19.1 Å². The van der Waals surface area contributed by atoms with Crippen LogP contribution in [0.25, 0.3) is 0 Å². The Morgan fingerprint density at radius 2 is 1.71 bits per heavy atom. The molecule has 0 unspecified atom stereocenters. The third-order valence-corrected chi connectivity index (χ3v) is 4.12. The lowest BCUT2D eigenvalue weighted by molar-refractivity contribution is -0.116. The lowest BCUT2D eigenvalue weighted by Crippen LogP contribution is -2.34. The summed E-state index contributed by atoms with van der Waals surface area (Å²) in [6.07, 6.45) is 1.24. The maximum atomic E-state index is 12.4. The molecule has 7 nitrogen and oxygen atoms in total. The molecule has 1 heterocycles. The van der Waals surface area contributed by atoms with Crippen LogP contribution in [0.1, 0.15) is 30.1 Å². The summed E-state index contributed by atoms with van der Waals surface area (Å²) < 4.78 is 10.9. The van der Waals surface area contributed by atoms with E-state index in [-0.39, 0.29) is 16.9 Å². The van der Waals surface area contributed by atoms with Crippen molar-refractivity contribution in [1.82, 2.24) is 5.32 Å². The zero-order chi connectivity index (χ0) is 19.9. The molecule has 0 saturated carbocycles. The molecular weight excluding hydrogens is 378 g/mol. The van der Waals surface area contributed by atoms with Crippen LogP contribution >= 0.6 is 12.2 Å². The van der Waals surface area contributed by atoms with E-state index in [2.05, 4.69) is 16.0 Å². The van der Waals surface area contributed by atoms with Crippen LogP contribution in [0, 0.1) is 0 Å². The molecule has 146 valence electrons. The number of amides is 2. The first-order chi connectivity index (χ1) is 13.5. The second kappa shape index (κ2) is 9.18. The Hall–Kier alpha value is -3.13. The van der Waals surface area contributed by atoms with Gasteiger partial charge in [0.25, 0.3) is 5.91 Å². The van der Waals surface area contributed by atoms with Crippen LogP contribution in [-0.4, -0.2) is 30.1 Å². The number of hydrogen-bond acceptors (Lipinski definition) is 5. The summed E-state index contributed by atoms with van der Waals surface area (Å²) in [5, 5.41) is 8.54. The molecule has 2 aromatic rings. The SMILES string of the molecule is CCCC(=O)Nc1cccc(NC(=S)NC(=O)c2ccc3c(c2)OCCO3)c1. The van der Waals surface area contributed by atoms with Crippen molar-refractivity contribution >= 4 is 40.5 Å². The van der Waals surface area contributed by atoms with Crippen molar-refractivity contribution in [3.8, 4) is 11.5 Å². The molecule has 0 atom stereocenters. The number of rotatable bonds is 5. The molecular formula is C20H21N3O4S. The van der Waals surface area contributed by atoms with E-state index >= 15 is 0 Å². The van der Waals surface area contributed by atoms with Gasteiger partial charge in [0.05, 0.1) is 0 Å². The van der Waals surface area contributed by atoms with Gasteiger partial charge in [-0.2, -0.15) is 0 Å². The highest BCUT2D eigenvalue weighted by molar-refractivity contribution is 7.80. The Kier molecular flexibility index (Phi) is 6.44. The normalized spacial score (nSPS) is 12.0. The number of fused-ring (bicyclic) bond motifs is 1. The second-order valence-corrected chi connectivity index (χ2v) is 6.55. The van der Waals surface area contributed by atoms with E-state index in [0.29, 0.717) is 48.1 Å². The molecule has 3 N–H and O–H groups in total. The zero-order valence-corrected chi connectivity index (χ0v) is 16.2. The maximum Gasteiger partial charge on any atom is 0.257 e.